The lowest BCUT2D eigenvalue weighted by molar-refractivity contribution is 0.0531. The number of methoxy groups -OCH3 is 1. The molecule has 2 atom stereocenters. The molecule has 0 saturated heterocycles. The van der Waals surface area contributed by atoms with Crippen molar-refractivity contribution in [3.63, 3.8) is 0 Å². The molecule has 0 amide bonds. The highest BCUT2D eigenvalue weighted by molar-refractivity contribution is 6.04. The zero-order chi connectivity index (χ0) is 25.2. The quantitative estimate of drug-likeness (QED) is 0.326. The molecule has 2 heterocycles. The van der Waals surface area contributed by atoms with Crippen LogP contribution in [0.5, 0.6) is 5.75 Å². The molecule has 0 radical (unpaired) electrons. The van der Waals surface area contributed by atoms with Gasteiger partial charge in [-0.25, -0.2) is 4.79 Å². The molecule has 1 aliphatic rings. The Balaban J connectivity index is 1.51. The fourth-order valence-corrected chi connectivity index (χ4v) is 5.43. The first-order valence-electron chi connectivity index (χ1n) is 12.9. The Morgan fingerprint density at radius 1 is 1.08 bits per heavy atom. The molecule has 4 aromatic rings. The van der Waals surface area contributed by atoms with E-state index in [0.717, 1.165) is 77.5 Å². The summed E-state index contributed by atoms with van der Waals surface area (Å²) in [7, 11) is 7.75. The van der Waals surface area contributed by atoms with E-state index >= 15 is 0 Å². The van der Waals surface area contributed by atoms with Gasteiger partial charge < -0.3 is 14.4 Å². The maximum Gasteiger partial charge on any atom is 0.329 e. The monoisotopic (exact) mass is 488 g/mol. The summed E-state index contributed by atoms with van der Waals surface area (Å²) in [5.41, 5.74) is 4.95. The normalized spacial score (nSPS) is 18.4. The van der Waals surface area contributed by atoms with Gasteiger partial charge in [-0.3, -0.25) is 14.1 Å². The van der Waals surface area contributed by atoms with Crippen molar-refractivity contribution >= 4 is 21.9 Å². The summed E-state index contributed by atoms with van der Waals surface area (Å²) in [5.74, 6) is 0.879. The molecular weight excluding hydrogens is 452 g/mol. The van der Waals surface area contributed by atoms with E-state index in [4.69, 9.17) is 9.47 Å². The lowest BCUT2D eigenvalue weighted by Crippen LogP contribution is -2.31. The molecule has 1 saturated carbocycles. The van der Waals surface area contributed by atoms with Crippen molar-refractivity contribution in [3.05, 3.63) is 59.1 Å². The Hall–Kier alpha value is -3.16. The molecule has 0 aliphatic heterocycles. The van der Waals surface area contributed by atoms with E-state index < -0.39 is 0 Å². The summed E-state index contributed by atoms with van der Waals surface area (Å²) in [6.07, 6.45) is 6.96. The van der Waals surface area contributed by atoms with Gasteiger partial charge in [0.15, 0.2) is 0 Å². The number of aryl methyl sites for hydroxylation is 1. The molecule has 0 bridgehead atoms. The number of hydrogen-bond acceptors (Lipinski definition) is 5. The van der Waals surface area contributed by atoms with Gasteiger partial charge in [0.1, 0.15) is 5.75 Å². The maximum absolute atomic E-state index is 13.4. The van der Waals surface area contributed by atoms with Crippen LogP contribution in [0.1, 0.15) is 38.1 Å². The predicted octanol–water partition coefficient (Wildman–Crippen LogP) is 5.02. The highest BCUT2D eigenvalue weighted by Gasteiger charge is 2.27. The largest absolute Gasteiger partial charge is 0.494 e. The fraction of sp³-hybridized carbons (Fsp3) is 0.448. The van der Waals surface area contributed by atoms with Gasteiger partial charge in [0.25, 0.3) is 0 Å². The number of imidazole rings is 1. The minimum atomic E-state index is 0.0159. The zero-order valence-electron chi connectivity index (χ0n) is 21.7. The maximum atomic E-state index is 13.4. The topological polar surface area (TPSA) is 61.5 Å². The fourth-order valence-electron chi connectivity index (χ4n) is 5.43. The number of ether oxygens (including phenoxy) is 2. The predicted molar refractivity (Wildman–Crippen MR) is 145 cm³/mol. The summed E-state index contributed by atoms with van der Waals surface area (Å²) < 4.78 is 15.3. The van der Waals surface area contributed by atoms with E-state index in [1.165, 1.54) is 0 Å². The summed E-state index contributed by atoms with van der Waals surface area (Å²) >= 11 is 0. The molecule has 2 aromatic carbocycles. The second-order valence-corrected chi connectivity index (χ2v) is 10.1. The molecule has 0 spiro atoms. The Labute approximate surface area is 212 Å². The van der Waals surface area contributed by atoms with Gasteiger partial charge in [-0.05, 0) is 81.6 Å². The van der Waals surface area contributed by atoms with Crippen molar-refractivity contribution in [1.82, 2.24) is 19.0 Å². The van der Waals surface area contributed by atoms with Crippen LogP contribution in [0.25, 0.3) is 33.1 Å². The molecule has 2 aromatic heterocycles. The van der Waals surface area contributed by atoms with E-state index in [0.29, 0.717) is 6.61 Å². The van der Waals surface area contributed by atoms with Crippen LogP contribution < -0.4 is 10.4 Å². The number of benzene rings is 2. The summed E-state index contributed by atoms with van der Waals surface area (Å²) in [4.78, 5) is 20.2. The van der Waals surface area contributed by atoms with Crippen LogP contribution in [-0.4, -0.2) is 59.5 Å². The van der Waals surface area contributed by atoms with E-state index in [1.807, 2.05) is 29.9 Å². The second kappa shape index (κ2) is 10.4. The number of aromatic nitrogens is 3. The second-order valence-electron chi connectivity index (χ2n) is 10.1. The van der Waals surface area contributed by atoms with E-state index in [-0.39, 0.29) is 17.8 Å². The first-order chi connectivity index (χ1) is 17.5. The molecule has 7 heteroatoms. The third-order valence-corrected chi connectivity index (χ3v) is 7.42. The summed E-state index contributed by atoms with van der Waals surface area (Å²) in [6, 6.07) is 14.7. The van der Waals surface area contributed by atoms with Crippen LogP contribution in [0.4, 0.5) is 0 Å². The van der Waals surface area contributed by atoms with Crippen molar-refractivity contribution in [2.45, 2.75) is 44.2 Å². The standard InChI is InChI=1S/C29H36N4O3/c1-31(2)15-6-16-36-23-12-9-20(10-13-23)21-11-14-26-25(17-21)28-27(19-30-26)32(3)29(34)33(28)22-7-5-8-24(18-22)35-4/h9-14,17,19,22,24H,5-8,15-16,18H2,1-4H3. The van der Waals surface area contributed by atoms with Crippen molar-refractivity contribution in [1.29, 1.82) is 0 Å². The van der Waals surface area contributed by atoms with Crippen molar-refractivity contribution in [2.75, 3.05) is 34.4 Å². The Kier molecular flexibility index (Phi) is 7.12. The van der Waals surface area contributed by atoms with Gasteiger partial charge in [-0.1, -0.05) is 18.2 Å². The molecule has 36 heavy (non-hydrogen) atoms. The molecule has 1 fully saturated rings. The minimum absolute atomic E-state index is 0.0159. The molecule has 190 valence electrons. The van der Waals surface area contributed by atoms with Crippen molar-refractivity contribution in [2.24, 2.45) is 7.05 Å². The average Bonchev–Trinajstić information content (AvgIpc) is 3.16. The number of hydrogen-bond donors (Lipinski definition) is 0. The van der Waals surface area contributed by atoms with E-state index in [9.17, 15) is 4.79 Å². The molecule has 2 unspecified atom stereocenters. The first kappa shape index (κ1) is 24.5. The van der Waals surface area contributed by atoms with E-state index in [2.05, 4.69) is 54.3 Å². The minimum Gasteiger partial charge on any atom is -0.494 e. The third kappa shape index (κ3) is 4.77. The molecule has 0 N–H and O–H groups in total. The zero-order valence-corrected chi connectivity index (χ0v) is 21.7. The van der Waals surface area contributed by atoms with Gasteiger partial charge in [0, 0.05) is 32.1 Å². The van der Waals surface area contributed by atoms with Crippen molar-refractivity contribution in [3.8, 4) is 16.9 Å². The van der Waals surface area contributed by atoms with Crippen LogP contribution in [0.3, 0.4) is 0 Å². The number of fused-ring (bicyclic) bond motifs is 3. The first-order valence-corrected chi connectivity index (χ1v) is 12.9. The highest BCUT2D eigenvalue weighted by Crippen LogP contribution is 2.35. The molecule has 7 nitrogen and oxygen atoms in total. The number of nitrogens with zero attached hydrogens (tertiary/aromatic N) is 4. The van der Waals surface area contributed by atoms with Gasteiger partial charge in [-0.15, -0.1) is 0 Å². The highest BCUT2D eigenvalue weighted by atomic mass is 16.5. The molecule has 1 aliphatic carbocycles. The van der Waals surface area contributed by atoms with Gasteiger partial charge in [-0.2, -0.15) is 0 Å². The lowest BCUT2D eigenvalue weighted by atomic mass is 9.92. The summed E-state index contributed by atoms with van der Waals surface area (Å²) in [6.45, 7) is 1.71. The van der Waals surface area contributed by atoms with Gasteiger partial charge in [0.2, 0.25) is 0 Å². The van der Waals surface area contributed by atoms with Crippen LogP contribution in [0, 0.1) is 0 Å². The van der Waals surface area contributed by atoms with Crippen LogP contribution in [0.2, 0.25) is 0 Å². The van der Waals surface area contributed by atoms with Crippen LogP contribution in [0.15, 0.2) is 53.5 Å². The van der Waals surface area contributed by atoms with Crippen LogP contribution >= 0.6 is 0 Å². The van der Waals surface area contributed by atoms with Gasteiger partial charge >= 0.3 is 5.69 Å². The average molecular weight is 489 g/mol. The smallest absolute Gasteiger partial charge is 0.329 e. The Morgan fingerprint density at radius 3 is 2.61 bits per heavy atom. The number of rotatable bonds is 8. The number of pyridine rings is 1. The van der Waals surface area contributed by atoms with Crippen molar-refractivity contribution < 1.29 is 9.47 Å². The summed E-state index contributed by atoms with van der Waals surface area (Å²) in [5, 5.41) is 1.01. The van der Waals surface area contributed by atoms with E-state index in [1.54, 1.807) is 11.7 Å². The van der Waals surface area contributed by atoms with Crippen LogP contribution in [-0.2, 0) is 11.8 Å². The Bertz CT molecular complexity index is 1400. The van der Waals surface area contributed by atoms with Gasteiger partial charge in [0.05, 0.1) is 35.5 Å². The Morgan fingerprint density at radius 2 is 1.86 bits per heavy atom. The SMILES string of the molecule is COC1CCCC(n2c(=O)n(C)c3cnc4ccc(-c5ccc(OCCCN(C)C)cc5)cc4c32)C1. The molecular formula is C29H36N4O3. The lowest BCUT2D eigenvalue weighted by Gasteiger charge is -2.29. The molecule has 5 rings (SSSR count). The third-order valence-electron chi connectivity index (χ3n) is 7.42.